The van der Waals surface area contributed by atoms with Crippen LogP contribution in [0.15, 0.2) is 30.3 Å². The summed E-state index contributed by atoms with van der Waals surface area (Å²) in [5.41, 5.74) is 0.838. The van der Waals surface area contributed by atoms with E-state index in [4.69, 9.17) is 4.55 Å². The minimum Gasteiger partial charge on any atom is -0.347 e. The van der Waals surface area contributed by atoms with Gasteiger partial charge < -0.3 is 10.2 Å². The minimum absolute atomic E-state index is 0.102. The fraction of sp³-hybridized carbons (Fsp3) is 0.438. The Hall–Kier alpha value is -2.50. The number of piperidine rings is 1. The predicted octanol–water partition coefficient (Wildman–Crippen LogP) is -0.0826. The van der Waals surface area contributed by atoms with E-state index in [9.17, 15) is 22.8 Å². The maximum absolute atomic E-state index is 12.4. The largest absolute Gasteiger partial charge is 0.418 e. The molecule has 10 nitrogen and oxygen atoms in total. The summed E-state index contributed by atoms with van der Waals surface area (Å²) in [5.74, 6) is -0.663. The zero-order valence-corrected chi connectivity index (χ0v) is 15.1. The molecule has 0 spiro atoms. The average molecular weight is 397 g/mol. The number of hydroxylamine groups is 2. The summed E-state index contributed by atoms with van der Waals surface area (Å²) in [7, 11) is -4.83. The van der Waals surface area contributed by atoms with Crippen LogP contribution in [-0.2, 0) is 30.7 Å². The third kappa shape index (κ3) is 4.62. The summed E-state index contributed by atoms with van der Waals surface area (Å²) < 4.78 is 34.8. The minimum atomic E-state index is -4.83. The highest BCUT2D eigenvalue weighted by molar-refractivity contribution is 7.80. The Labute approximate surface area is 156 Å². The maximum Gasteiger partial charge on any atom is 0.418 e. The highest BCUT2D eigenvalue weighted by atomic mass is 32.3. The van der Waals surface area contributed by atoms with Gasteiger partial charge in [0, 0.05) is 13.0 Å². The Bertz CT molecular complexity index is 843. The van der Waals surface area contributed by atoms with E-state index in [1.807, 2.05) is 30.3 Å². The van der Waals surface area contributed by atoms with E-state index in [1.165, 1.54) is 4.90 Å². The highest BCUT2D eigenvalue weighted by Gasteiger charge is 2.49. The number of nitrogens with zero attached hydrogens (tertiary/aromatic N) is 2. The van der Waals surface area contributed by atoms with Gasteiger partial charge in [-0.1, -0.05) is 30.3 Å². The topological polar surface area (TPSA) is 133 Å². The molecule has 2 fully saturated rings. The summed E-state index contributed by atoms with van der Waals surface area (Å²) in [5, 5.41) is 3.10. The van der Waals surface area contributed by atoms with Crippen LogP contribution in [0.25, 0.3) is 0 Å². The highest BCUT2D eigenvalue weighted by Crippen LogP contribution is 2.30. The van der Waals surface area contributed by atoms with Crippen molar-refractivity contribution in [2.45, 2.75) is 31.3 Å². The third-order valence-corrected chi connectivity index (χ3v) is 4.85. The van der Waals surface area contributed by atoms with E-state index in [0.29, 0.717) is 17.9 Å². The van der Waals surface area contributed by atoms with Crippen LogP contribution >= 0.6 is 0 Å². The lowest BCUT2D eigenvalue weighted by Crippen LogP contribution is -2.50. The van der Waals surface area contributed by atoms with Crippen molar-refractivity contribution in [3.8, 4) is 0 Å². The van der Waals surface area contributed by atoms with E-state index in [1.54, 1.807) is 0 Å². The van der Waals surface area contributed by atoms with Gasteiger partial charge in [0.25, 0.3) is 0 Å². The Morgan fingerprint density at radius 3 is 2.59 bits per heavy atom. The number of hydrogen-bond acceptors (Lipinski definition) is 6. The van der Waals surface area contributed by atoms with Gasteiger partial charge >= 0.3 is 16.4 Å². The normalized spacial score (nSPS) is 22.0. The van der Waals surface area contributed by atoms with Gasteiger partial charge in [0.2, 0.25) is 5.91 Å². The molecule has 3 amide bonds. The van der Waals surface area contributed by atoms with E-state index in [0.717, 1.165) is 5.56 Å². The number of benzene rings is 1. The lowest BCUT2D eigenvalue weighted by molar-refractivity contribution is -0.128. The van der Waals surface area contributed by atoms with Crippen molar-refractivity contribution in [2.24, 2.45) is 0 Å². The molecule has 3 rings (SSSR count). The first-order valence-corrected chi connectivity index (χ1v) is 9.71. The van der Waals surface area contributed by atoms with Crippen molar-refractivity contribution in [1.82, 2.24) is 15.3 Å². The number of carbonyl (C=O) groups is 3. The molecule has 0 unspecified atom stereocenters. The van der Waals surface area contributed by atoms with Gasteiger partial charge in [0.15, 0.2) is 5.78 Å². The van der Waals surface area contributed by atoms with Crippen LogP contribution in [0.5, 0.6) is 0 Å². The van der Waals surface area contributed by atoms with Gasteiger partial charge in [-0.25, -0.2) is 4.79 Å². The zero-order valence-electron chi connectivity index (χ0n) is 14.3. The molecule has 2 bridgehead atoms. The van der Waals surface area contributed by atoms with Crippen LogP contribution in [0.3, 0.4) is 0 Å². The van der Waals surface area contributed by atoms with Gasteiger partial charge in [-0.2, -0.15) is 13.5 Å². The first-order valence-electron chi connectivity index (χ1n) is 8.35. The van der Waals surface area contributed by atoms with Gasteiger partial charge in [-0.05, 0) is 18.4 Å². The van der Waals surface area contributed by atoms with Gasteiger partial charge in [0.05, 0.1) is 12.6 Å². The Kier molecular flexibility index (Phi) is 5.44. The standard InChI is InChI=1S/C16H19N3O7S/c20-13(8-11-4-2-1-3-5-11)9-17-15(21)14-7-6-12-10-18(14)16(22)19(12)26-27(23,24)25/h1-5,12,14H,6-10H2,(H,17,21)(H,23,24,25)/t12-,14+/m1/s1. The number of urea groups is 1. The van der Waals surface area contributed by atoms with Gasteiger partial charge in [-0.3, -0.25) is 14.1 Å². The molecule has 11 heteroatoms. The molecule has 27 heavy (non-hydrogen) atoms. The summed E-state index contributed by atoms with van der Waals surface area (Å²) in [6.45, 7) is -0.0642. The Balaban J connectivity index is 1.55. The van der Waals surface area contributed by atoms with Crippen LogP contribution < -0.4 is 5.32 Å². The molecule has 2 atom stereocenters. The number of amides is 3. The number of nitrogens with one attached hydrogen (secondary N) is 1. The van der Waals surface area contributed by atoms with E-state index < -0.39 is 34.4 Å². The number of rotatable bonds is 7. The van der Waals surface area contributed by atoms with Crippen molar-refractivity contribution in [2.75, 3.05) is 13.1 Å². The lowest BCUT2D eigenvalue weighted by atomic mass is 10.00. The van der Waals surface area contributed by atoms with Crippen molar-refractivity contribution in [3.05, 3.63) is 35.9 Å². The zero-order chi connectivity index (χ0) is 19.6. The van der Waals surface area contributed by atoms with Crippen LogP contribution in [-0.4, -0.2) is 65.8 Å². The smallest absolute Gasteiger partial charge is 0.347 e. The SMILES string of the molecule is O=C(CNC(=O)[C@@H]1CC[C@@H]2CN1C(=O)N2OS(=O)(=O)O)Cc1ccccc1. The average Bonchev–Trinajstić information content (AvgIpc) is 2.84. The molecule has 146 valence electrons. The second-order valence-electron chi connectivity index (χ2n) is 6.43. The van der Waals surface area contributed by atoms with Crippen LogP contribution in [0.4, 0.5) is 4.79 Å². The molecule has 0 aliphatic carbocycles. The molecule has 0 radical (unpaired) electrons. The fourth-order valence-corrected chi connectivity index (χ4v) is 3.68. The predicted molar refractivity (Wildman–Crippen MR) is 91.5 cm³/mol. The quantitative estimate of drug-likeness (QED) is 0.615. The Morgan fingerprint density at radius 2 is 1.93 bits per heavy atom. The van der Waals surface area contributed by atoms with Gasteiger partial charge in [-0.15, -0.1) is 4.28 Å². The van der Waals surface area contributed by atoms with Gasteiger partial charge in [0.1, 0.15) is 6.04 Å². The first-order chi connectivity index (χ1) is 12.7. The van der Waals surface area contributed by atoms with Crippen LogP contribution in [0, 0.1) is 0 Å². The summed E-state index contributed by atoms with van der Waals surface area (Å²) >= 11 is 0. The van der Waals surface area contributed by atoms with E-state index >= 15 is 0 Å². The number of hydrogen-bond donors (Lipinski definition) is 2. The third-order valence-electron chi connectivity index (χ3n) is 4.50. The number of carbonyl (C=O) groups excluding carboxylic acids is 3. The molecule has 0 aromatic heterocycles. The van der Waals surface area contributed by atoms with E-state index in [2.05, 4.69) is 9.60 Å². The molecule has 1 aromatic rings. The molecule has 2 saturated heterocycles. The fourth-order valence-electron chi connectivity index (χ4n) is 3.29. The molecule has 1 aromatic carbocycles. The first kappa shape index (κ1) is 19.3. The van der Waals surface area contributed by atoms with Crippen molar-refractivity contribution >= 4 is 28.1 Å². The number of Topliss-reactive ketones (excluding diaryl/α,β-unsaturated/α-hetero) is 1. The maximum atomic E-state index is 12.4. The summed E-state index contributed by atoms with van der Waals surface area (Å²) in [6, 6.07) is 6.90. The molecule has 2 N–H and O–H groups in total. The molecular weight excluding hydrogens is 378 g/mol. The van der Waals surface area contributed by atoms with Crippen molar-refractivity contribution < 1.29 is 31.6 Å². The van der Waals surface area contributed by atoms with Crippen molar-refractivity contribution in [1.29, 1.82) is 0 Å². The number of ketones is 1. The second-order valence-corrected chi connectivity index (χ2v) is 7.43. The van der Waals surface area contributed by atoms with Crippen LogP contribution in [0.1, 0.15) is 18.4 Å². The van der Waals surface area contributed by atoms with Crippen molar-refractivity contribution in [3.63, 3.8) is 0 Å². The second kappa shape index (κ2) is 7.62. The number of fused-ring (bicyclic) bond motifs is 2. The molecular formula is C16H19N3O7S. The Morgan fingerprint density at radius 1 is 1.22 bits per heavy atom. The monoisotopic (exact) mass is 397 g/mol. The summed E-state index contributed by atoms with van der Waals surface area (Å²) in [4.78, 5) is 37.9. The summed E-state index contributed by atoms with van der Waals surface area (Å²) in [6.07, 6.45) is 0.806. The molecule has 2 aliphatic rings. The molecule has 2 aliphatic heterocycles. The van der Waals surface area contributed by atoms with Crippen LogP contribution in [0.2, 0.25) is 0 Å². The molecule has 2 heterocycles. The lowest BCUT2D eigenvalue weighted by Gasteiger charge is -2.29. The van der Waals surface area contributed by atoms with E-state index in [-0.39, 0.29) is 25.3 Å². The molecule has 0 saturated carbocycles.